The van der Waals surface area contributed by atoms with Crippen LogP contribution in [0.25, 0.3) is 5.57 Å². The van der Waals surface area contributed by atoms with Crippen molar-refractivity contribution in [3.05, 3.63) is 58.3 Å². The molecule has 8 heteroatoms. The summed E-state index contributed by atoms with van der Waals surface area (Å²) in [6.07, 6.45) is 1.97. The Bertz CT molecular complexity index is 1080. The normalized spacial score (nSPS) is 20.4. The zero-order valence-electron chi connectivity index (χ0n) is 21.9. The van der Waals surface area contributed by atoms with Crippen LogP contribution in [-0.2, 0) is 6.42 Å². The summed E-state index contributed by atoms with van der Waals surface area (Å²) in [5, 5.41) is 18.1. The Morgan fingerprint density at radius 2 is 1.94 bits per heavy atom. The second-order valence-corrected chi connectivity index (χ2v) is 10.4. The zero-order chi connectivity index (χ0) is 25.8. The molecule has 2 aromatic rings. The molecule has 4 rings (SSSR count). The molecule has 2 aliphatic rings. The van der Waals surface area contributed by atoms with Gasteiger partial charge >= 0.3 is 0 Å². The number of nitrogens with two attached hydrogens (primary N) is 1. The fourth-order valence-electron chi connectivity index (χ4n) is 5.44. The lowest BCUT2D eigenvalue weighted by atomic mass is 9.98. The van der Waals surface area contributed by atoms with E-state index in [4.69, 9.17) is 22.1 Å². The number of allylic oxidation sites excluding steroid dienone is 1. The van der Waals surface area contributed by atoms with Crippen LogP contribution in [0.2, 0.25) is 5.02 Å². The van der Waals surface area contributed by atoms with Crippen LogP contribution in [0.15, 0.2) is 42.2 Å². The van der Waals surface area contributed by atoms with E-state index in [1.165, 1.54) is 11.3 Å². The molecule has 1 fully saturated rings. The molecule has 0 radical (unpaired) electrons. The van der Waals surface area contributed by atoms with Crippen LogP contribution >= 0.6 is 11.6 Å². The van der Waals surface area contributed by atoms with Crippen molar-refractivity contribution in [1.82, 2.24) is 10.2 Å². The van der Waals surface area contributed by atoms with E-state index in [0.29, 0.717) is 16.8 Å². The van der Waals surface area contributed by atoms with Gasteiger partial charge in [-0.05, 0) is 69.0 Å². The Hall–Kier alpha value is -2.45. The molecular formula is C28H40ClN5O2. The molecule has 0 aromatic heterocycles. The maximum absolute atomic E-state index is 10.3. The van der Waals surface area contributed by atoms with Gasteiger partial charge < -0.3 is 31.1 Å². The summed E-state index contributed by atoms with van der Waals surface area (Å²) in [6, 6.07) is 12.6. The molecule has 0 aliphatic carbocycles. The first-order chi connectivity index (χ1) is 17.3. The van der Waals surface area contributed by atoms with E-state index in [1.807, 2.05) is 19.1 Å². The van der Waals surface area contributed by atoms with Crippen LogP contribution in [0.1, 0.15) is 38.3 Å². The number of methoxy groups -OCH3 is 1. The van der Waals surface area contributed by atoms with Crippen LogP contribution in [0.4, 0.5) is 11.4 Å². The lowest BCUT2D eigenvalue weighted by molar-refractivity contribution is 0.185. The second kappa shape index (κ2) is 11.7. The molecule has 0 amide bonds. The van der Waals surface area contributed by atoms with E-state index in [-0.39, 0.29) is 18.0 Å². The number of piperazine rings is 1. The van der Waals surface area contributed by atoms with E-state index in [0.717, 1.165) is 62.4 Å². The number of benzene rings is 2. The van der Waals surface area contributed by atoms with E-state index >= 15 is 0 Å². The fraction of sp³-hybridized carbons (Fsp3) is 0.500. The van der Waals surface area contributed by atoms with Crippen molar-refractivity contribution in [2.45, 2.75) is 51.9 Å². The molecule has 2 aliphatic heterocycles. The molecule has 3 atom stereocenters. The lowest BCUT2D eigenvalue weighted by Crippen LogP contribution is -2.52. The molecule has 0 spiro atoms. The highest BCUT2D eigenvalue weighted by Crippen LogP contribution is 2.39. The molecule has 0 bridgehead atoms. The van der Waals surface area contributed by atoms with E-state index in [2.05, 4.69) is 51.6 Å². The summed E-state index contributed by atoms with van der Waals surface area (Å²) in [5.74, 6) is 0.961. The first kappa shape index (κ1) is 26.6. The fourth-order valence-corrected chi connectivity index (χ4v) is 5.72. The highest BCUT2D eigenvalue weighted by atomic mass is 35.5. The predicted octanol–water partition coefficient (Wildman–Crippen LogP) is 4.47. The van der Waals surface area contributed by atoms with Crippen LogP contribution in [0, 0.1) is 0 Å². The van der Waals surface area contributed by atoms with Gasteiger partial charge in [-0.3, -0.25) is 4.90 Å². The molecule has 2 heterocycles. The number of hydrogen-bond acceptors (Lipinski definition) is 7. The summed E-state index contributed by atoms with van der Waals surface area (Å²) in [5.41, 5.74) is 11.4. The van der Waals surface area contributed by atoms with Gasteiger partial charge in [0.15, 0.2) is 0 Å². The minimum atomic E-state index is -0.256. The summed E-state index contributed by atoms with van der Waals surface area (Å²) in [7, 11) is 1.64. The largest absolute Gasteiger partial charge is 0.512 e. The number of ether oxygens (including phenoxy) is 1. The molecule has 196 valence electrons. The average Bonchev–Trinajstić information content (AvgIpc) is 3.19. The summed E-state index contributed by atoms with van der Waals surface area (Å²) >= 11 is 6.38. The van der Waals surface area contributed by atoms with Crippen molar-refractivity contribution < 1.29 is 9.84 Å². The van der Waals surface area contributed by atoms with Crippen LogP contribution in [-0.4, -0.2) is 68.1 Å². The number of halogens is 1. The van der Waals surface area contributed by atoms with Gasteiger partial charge in [-0.1, -0.05) is 23.7 Å². The summed E-state index contributed by atoms with van der Waals surface area (Å²) in [6.45, 7) is 11.1. The predicted molar refractivity (Wildman–Crippen MR) is 150 cm³/mol. The summed E-state index contributed by atoms with van der Waals surface area (Å²) < 4.78 is 5.31. The molecule has 1 saturated heterocycles. The first-order valence-electron chi connectivity index (χ1n) is 12.9. The highest BCUT2D eigenvalue weighted by molar-refractivity contribution is 6.32. The molecule has 36 heavy (non-hydrogen) atoms. The third-order valence-electron chi connectivity index (χ3n) is 7.32. The Morgan fingerprint density at radius 1 is 1.19 bits per heavy atom. The number of hydrogen-bond donors (Lipinski definition) is 4. The number of aliphatic hydroxyl groups is 1. The monoisotopic (exact) mass is 513 g/mol. The first-order valence-corrected chi connectivity index (χ1v) is 13.3. The maximum Gasteiger partial charge on any atom is 0.137 e. The molecule has 2 aromatic carbocycles. The number of rotatable bonds is 9. The Morgan fingerprint density at radius 3 is 2.58 bits per heavy atom. The maximum atomic E-state index is 10.3. The van der Waals surface area contributed by atoms with Crippen molar-refractivity contribution in [1.29, 1.82) is 0 Å². The minimum Gasteiger partial charge on any atom is -0.512 e. The van der Waals surface area contributed by atoms with Gasteiger partial charge in [0.1, 0.15) is 5.75 Å². The van der Waals surface area contributed by atoms with Gasteiger partial charge in [0.25, 0.3) is 0 Å². The van der Waals surface area contributed by atoms with Gasteiger partial charge in [0.2, 0.25) is 0 Å². The number of nitrogens with zero attached hydrogens (tertiary/aromatic N) is 2. The molecule has 5 N–H and O–H groups in total. The van der Waals surface area contributed by atoms with Crippen molar-refractivity contribution in [3.63, 3.8) is 0 Å². The van der Waals surface area contributed by atoms with Gasteiger partial charge in [-0.15, -0.1) is 0 Å². The van der Waals surface area contributed by atoms with Crippen molar-refractivity contribution in [2.75, 3.05) is 50.1 Å². The number of fused-ring (bicyclic) bond motifs is 1. The van der Waals surface area contributed by atoms with Crippen molar-refractivity contribution in [2.24, 2.45) is 5.73 Å². The van der Waals surface area contributed by atoms with Crippen LogP contribution < -0.4 is 26.0 Å². The number of aliphatic hydroxyl groups excluding tert-OH is 1. The molecular weight excluding hydrogens is 474 g/mol. The van der Waals surface area contributed by atoms with Crippen LogP contribution in [0.3, 0.4) is 0 Å². The second-order valence-electron chi connectivity index (χ2n) is 9.97. The van der Waals surface area contributed by atoms with Gasteiger partial charge in [-0.2, -0.15) is 0 Å². The third kappa shape index (κ3) is 5.92. The SMILES string of the molecule is COc1ccc(CCC2Nc3cc(/C(=C(\C)O)C(C)N)ccc3N2CC(C)N2CCNCC2)cc1Cl. The Labute approximate surface area is 220 Å². The third-order valence-corrected chi connectivity index (χ3v) is 7.61. The zero-order valence-corrected chi connectivity index (χ0v) is 22.6. The highest BCUT2D eigenvalue weighted by Gasteiger charge is 2.31. The van der Waals surface area contributed by atoms with Gasteiger partial charge in [0, 0.05) is 50.4 Å². The Kier molecular flexibility index (Phi) is 8.67. The smallest absolute Gasteiger partial charge is 0.137 e. The minimum absolute atomic E-state index is 0.152. The van der Waals surface area contributed by atoms with Gasteiger partial charge in [0.05, 0.1) is 35.4 Å². The number of nitrogens with one attached hydrogen (secondary N) is 2. The van der Waals surface area contributed by atoms with Crippen molar-refractivity contribution >= 4 is 28.5 Å². The topological polar surface area (TPSA) is 86.0 Å². The molecule has 3 unspecified atom stereocenters. The van der Waals surface area contributed by atoms with E-state index < -0.39 is 0 Å². The molecule has 7 nitrogen and oxygen atoms in total. The van der Waals surface area contributed by atoms with Crippen molar-refractivity contribution in [3.8, 4) is 5.75 Å². The average molecular weight is 514 g/mol. The van der Waals surface area contributed by atoms with E-state index in [1.54, 1.807) is 14.0 Å². The van der Waals surface area contributed by atoms with Gasteiger partial charge in [-0.25, -0.2) is 0 Å². The standard InChI is InChI=1S/C28H40ClN5O2/c1-18(33-13-11-31-12-14-33)17-34-25-8-7-22(28(19(2)30)20(3)35)16-24(25)32-27(34)10-6-21-5-9-26(36-4)23(29)15-21/h5,7-9,15-16,18-19,27,31-32,35H,6,10-14,17,30H2,1-4H3/b28-20+. The molecule has 0 saturated carbocycles. The lowest BCUT2D eigenvalue weighted by Gasteiger charge is -2.37. The number of aryl methyl sites for hydroxylation is 1. The quantitative estimate of drug-likeness (QED) is 0.368. The summed E-state index contributed by atoms with van der Waals surface area (Å²) in [4.78, 5) is 5.06. The van der Waals surface area contributed by atoms with Crippen LogP contribution in [0.5, 0.6) is 5.75 Å². The number of anilines is 2. The van der Waals surface area contributed by atoms with E-state index in [9.17, 15) is 5.11 Å². The Balaban J connectivity index is 1.57.